The molecule has 1 unspecified atom stereocenters. The molecule has 0 aliphatic heterocycles. The summed E-state index contributed by atoms with van der Waals surface area (Å²) in [5, 5.41) is 3.59. The fourth-order valence-electron chi connectivity index (χ4n) is 2.46. The monoisotopic (exact) mass is 380 g/mol. The van der Waals surface area contributed by atoms with Gasteiger partial charge in [-0.2, -0.15) is 0 Å². The summed E-state index contributed by atoms with van der Waals surface area (Å²) in [6.45, 7) is 6.22. The normalized spacial score (nSPS) is 12.2. The van der Waals surface area contributed by atoms with Crippen LogP contribution in [0.15, 0.2) is 22.9 Å². The number of hydrogen-bond donors (Lipinski definition) is 0. The summed E-state index contributed by atoms with van der Waals surface area (Å²) in [7, 11) is 0. The number of nitrogens with zero attached hydrogens (tertiary/aromatic N) is 1. The van der Waals surface area contributed by atoms with Crippen LogP contribution in [-0.4, -0.2) is 31.8 Å². The number of rotatable bonds is 7. The molecular formula is C17H18NO7S-. The summed E-state index contributed by atoms with van der Waals surface area (Å²) in [6, 6.07) is 2.97. The van der Waals surface area contributed by atoms with Crippen LogP contribution in [-0.2, 0) is 26.9 Å². The number of carbonyl (C=O) groups excluding carboxylic acids is 2. The van der Waals surface area contributed by atoms with Gasteiger partial charge in [-0.3, -0.25) is 8.98 Å². The van der Waals surface area contributed by atoms with Gasteiger partial charge in [0.2, 0.25) is 0 Å². The summed E-state index contributed by atoms with van der Waals surface area (Å²) < 4.78 is 36.1. The highest BCUT2D eigenvalue weighted by atomic mass is 32.2. The lowest BCUT2D eigenvalue weighted by atomic mass is 9.92. The number of ketones is 1. The highest BCUT2D eigenvalue weighted by molar-refractivity contribution is 7.74. The van der Waals surface area contributed by atoms with Crippen molar-refractivity contribution < 1.29 is 31.8 Å². The van der Waals surface area contributed by atoms with Gasteiger partial charge >= 0.3 is 5.97 Å². The Bertz CT molecular complexity index is 857. The van der Waals surface area contributed by atoms with Gasteiger partial charge in [-0.05, 0) is 38.8 Å². The Kier molecular flexibility index (Phi) is 6.41. The molecule has 0 aliphatic rings. The molecule has 0 saturated heterocycles. The maximum Gasteiger partial charge on any atom is 0.339 e. The van der Waals surface area contributed by atoms with Crippen LogP contribution in [0.3, 0.4) is 0 Å². The van der Waals surface area contributed by atoms with E-state index in [2.05, 4.69) is 9.34 Å². The molecule has 0 saturated carbocycles. The molecule has 8 nitrogen and oxygen atoms in total. The van der Waals surface area contributed by atoms with Gasteiger partial charge in [0.25, 0.3) is 0 Å². The van der Waals surface area contributed by atoms with Crippen molar-refractivity contribution >= 4 is 23.1 Å². The van der Waals surface area contributed by atoms with Crippen LogP contribution >= 0.6 is 0 Å². The first kappa shape index (κ1) is 20.0. The molecule has 1 atom stereocenters. The molecule has 2 rings (SSSR count). The van der Waals surface area contributed by atoms with Gasteiger partial charge in [-0.1, -0.05) is 17.3 Å². The number of benzene rings is 1. The standard InChI is InChI=1S/C17H19NO7S/c1-9(2)24-17(20)15-10(3)13(6-5-12(15)8-23-26(21)22)16(19)14-7-18-25-11(14)4/h5-7,9H,8H2,1-4H3,(H,21,22)/p-1. The first-order chi connectivity index (χ1) is 12.2. The van der Waals surface area contributed by atoms with E-state index in [1.165, 1.54) is 18.3 Å². The topological polar surface area (TPSA) is 119 Å². The molecule has 0 fully saturated rings. The first-order valence-electron chi connectivity index (χ1n) is 7.74. The van der Waals surface area contributed by atoms with Crippen LogP contribution in [0.1, 0.15) is 57.0 Å². The summed E-state index contributed by atoms with van der Waals surface area (Å²) in [4.78, 5) is 25.2. The van der Waals surface area contributed by atoms with Crippen molar-refractivity contribution in [3.05, 3.63) is 51.9 Å². The molecule has 2 aromatic rings. The molecule has 1 heterocycles. The van der Waals surface area contributed by atoms with Gasteiger partial charge in [0.05, 0.1) is 41.4 Å². The van der Waals surface area contributed by atoms with E-state index in [1.54, 1.807) is 27.7 Å². The fourth-order valence-corrected chi connectivity index (χ4v) is 2.69. The summed E-state index contributed by atoms with van der Waals surface area (Å²) in [6.07, 6.45) is 0.921. The van der Waals surface area contributed by atoms with Gasteiger partial charge in [0, 0.05) is 5.56 Å². The zero-order valence-corrected chi connectivity index (χ0v) is 15.5. The number of ether oxygens (including phenoxy) is 1. The Morgan fingerprint density at radius 3 is 2.50 bits per heavy atom. The highest BCUT2D eigenvalue weighted by Gasteiger charge is 2.24. The third-order valence-electron chi connectivity index (χ3n) is 3.65. The second-order valence-corrected chi connectivity index (χ2v) is 6.46. The molecule has 0 N–H and O–H groups in total. The summed E-state index contributed by atoms with van der Waals surface area (Å²) >= 11 is -2.74. The number of aryl methyl sites for hydroxylation is 1. The summed E-state index contributed by atoms with van der Waals surface area (Å²) in [5.41, 5.74) is 1.30. The lowest BCUT2D eigenvalue weighted by Crippen LogP contribution is -2.18. The highest BCUT2D eigenvalue weighted by Crippen LogP contribution is 2.24. The van der Waals surface area contributed by atoms with Crippen molar-refractivity contribution in [1.29, 1.82) is 0 Å². The molecule has 0 spiro atoms. The van der Waals surface area contributed by atoms with Gasteiger partial charge in [0.15, 0.2) is 5.78 Å². The lowest BCUT2D eigenvalue weighted by Gasteiger charge is -2.17. The third-order valence-corrected chi connectivity index (χ3v) is 3.96. The van der Waals surface area contributed by atoms with E-state index in [1.807, 2.05) is 0 Å². The zero-order valence-electron chi connectivity index (χ0n) is 14.7. The second kappa shape index (κ2) is 8.35. The Hall–Kier alpha value is -2.36. The van der Waals surface area contributed by atoms with Crippen LogP contribution in [0.2, 0.25) is 0 Å². The minimum Gasteiger partial charge on any atom is -0.750 e. The Morgan fingerprint density at radius 1 is 1.27 bits per heavy atom. The van der Waals surface area contributed by atoms with Crippen LogP contribution in [0.4, 0.5) is 0 Å². The molecule has 26 heavy (non-hydrogen) atoms. The molecule has 9 heteroatoms. The first-order valence-corrected chi connectivity index (χ1v) is 8.74. The van der Waals surface area contributed by atoms with E-state index >= 15 is 0 Å². The molecule has 140 valence electrons. The van der Waals surface area contributed by atoms with Crippen LogP contribution in [0.25, 0.3) is 0 Å². The van der Waals surface area contributed by atoms with E-state index < -0.39 is 17.3 Å². The van der Waals surface area contributed by atoms with Crippen molar-refractivity contribution in [3.8, 4) is 0 Å². The Balaban J connectivity index is 2.52. The summed E-state index contributed by atoms with van der Waals surface area (Å²) in [5.74, 6) is -0.668. The molecule has 0 amide bonds. The average Bonchev–Trinajstić information content (AvgIpc) is 2.97. The van der Waals surface area contributed by atoms with Gasteiger partial charge in [-0.25, -0.2) is 9.00 Å². The third kappa shape index (κ3) is 4.43. The SMILES string of the molecule is Cc1oncc1C(=O)c1ccc(COS(=O)[O-])c(C(=O)OC(C)C)c1C. The molecule has 1 aromatic carbocycles. The average molecular weight is 380 g/mol. The van der Waals surface area contributed by atoms with Crippen LogP contribution in [0, 0.1) is 13.8 Å². The van der Waals surface area contributed by atoms with E-state index in [9.17, 15) is 18.4 Å². The van der Waals surface area contributed by atoms with E-state index in [4.69, 9.17) is 9.26 Å². The van der Waals surface area contributed by atoms with E-state index in [0.717, 1.165) is 0 Å². The second-order valence-electron chi connectivity index (χ2n) is 5.82. The van der Waals surface area contributed by atoms with E-state index in [0.29, 0.717) is 16.9 Å². The van der Waals surface area contributed by atoms with Crippen LogP contribution in [0.5, 0.6) is 0 Å². The van der Waals surface area contributed by atoms with Crippen molar-refractivity contribution in [1.82, 2.24) is 5.16 Å². The van der Waals surface area contributed by atoms with Crippen molar-refractivity contribution in [2.75, 3.05) is 0 Å². The molecule has 1 aromatic heterocycles. The largest absolute Gasteiger partial charge is 0.750 e. The smallest absolute Gasteiger partial charge is 0.339 e. The number of aromatic nitrogens is 1. The minimum absolute atomic E-state index is 0.101. The fraction of sp³-hybridized carbons (Fsp3) is 0.353. The molecule has 0 radical (unpaired) electrons. The maximum atomic E-state index is 12.7. The van der Waals surface area contributed by atoms with Crippen LogP contribution < -0.4 is 0 Å². The number of hydrogen-bond acceptors (Lipinski definition) is 8. The lowest BCUT2D eigenvalue weighted by molar-refractivity contribution is 0.0374. The zero-order chi connectivity index (χ0) is 19.4. The minimum atomic E-state index is -2.74. The van der Waals surface area contributed by atoms with Crippen molar-refractivity contribution in [2.45, 2.75) is 40.4 Å². The predicted octanol–water partition coefficient (Wildman–Crippen LogP) is 2.40. The molecular weight excluding hydrogens is 362 g/mol. The molecule has 0 bridgehead atoms. The predicted molar refractivity (Wildman–Crippen MR) is 90.1 cm³/mol. The van der Waals surface area contributed by atoms with Gasteiger partial charge in [0.1, 0.15) is 5.76 Å². The van der Waals surface area contributed by atoms with Gasteiger partial charge in [-0.15, -0.1) is 0 Å². The Labute approximate surface area is 153 Å². The maximum absolute atomic E-state index is 12.7. The van der Waals surface area contributed by atoms with Crippen molar-refractivity contribution in [3.63, 3.8) is 0 Å². The number of esters is 1. The van der Waals surface area contributed by atoms with Gasteiger partial charge < -0.3 is 13.8 Å². The van der Waals surface area contributed by atoms with E-state index in [-0.39, 0.29) is 35.2 Å². The van der Waals surface area contributed by atoms with Crippen molar-refractivity contribution in [2.24, 2.45) is 0 Å². The Morgan fingerprint density at radius 2 is 1.96 bits per heavy atom. The quantitative estimate of drug-likeness (QED) is 0.408. The number of carbonyl (C=O) groups is 2. The molecule has 0 aliphatic carbocycles.